The van der Waals surface area contributed by atoms with Crippen LogP contribution in [0.1, 0.15) is 50.5 Å². The van der Waals surface area contributed by atoms with Crippen molar-refractivity contribution in [2.45, 2.75) is 51.0 Å². The second kappa shape index (κ2) is 12.9. The van der Waals surface area contributed by atoms with Crippen molar-refractivity contribution in [3.63, 3.8) is 0 Å². The first-order chi connectivity index (χ1) is 14.8. The van der Waals surface area contributed by atoms with Crippen LogP contribution in [0.4, 0.5) is 0 Å². The molecule has 160 valence electrons. The first-order valence-electron chi connectivity index (χ1n) is 11.1. The number of para-hydroxylation sites is 1. The SMILES string of the molecule is O=CN1CCC[C@H]1COCCCCCC/C=C/c1ccc(Oc2ccccc2)cc1. The fourth-order valence-electron chi connectivity index (χ4n) is 3.71. The van der Waals surface area contributed by atoms with Crippen molar-refractivity contribution in [1.29, 1.82) is 0 Å². The van der Waals surface area contributed by atoms with E-state index in [0.29, 0.717) is 12.6 Å². The molecule has 4 nitrogen and oxygen atoms in total. The first-order valence-corrected chi connectivity index (χ1v) is 11.1. The summed E-state index contributed by atoms with van der Waals surface area (Å²) in [6.07, 6.45) is 13.4. The van der Waals surface area contributed by atoms with Crippen LogP contribution < -0.4 is 4.74 Å². The molecular weight excluding hydrogens is 374 g/mol. The monoisotopic (exact) mass is 407 g/mol. The van der Waals surface area contributed by atoms with Crippen LogP contribution in [0, 0.1) is 0 Å². The van der Waals surface area contributed by atoms with Gasteiger partial charge in [0, 0.05) is 13.2 Å². The predicted octanol–water partition coefficient (Wildman–Crippen LogP) is 6.08. The van der Waals surface area contributed by atoms with Crippen molar-refractivity contribution in [2.75, 3.05) is 19.8 Å². The molecule has 1 amide bonds. The Morgan fingerprint density at radius 3 is 2.50 bits per heavy atom. The van der Waals surface area contributed by atoms with Gasteiger partial charge in [-0.3, -0.25) is 4.79 Å². The fourth-order valence-corrected chi connectivity index (χ4v) is 3.71. The highest BCUT2D eigenvalue weighted by Gasteiger charge is 2.22. The lowest BCUT2D eigenvalue weighted by Gasteiger charge is -2.19. The molecule has 1 aliphatic heterocycles. The Hall–Kier alpha value is -2.59. The number of ether oxygens (including phenoxy) is 2. The van der Waals surface area contributed by atoms with Crippen LogP contribution in [0.25, 0.3) is 6.08 Å². The van der Waals surface area contributed by atoms with Crippen molar-refractivity contribution in [1.82, 2.24) is 4.90 Å². The minimum atomic E-state index is 0.298. The number of carbonyl (C=O) groups excluding carboxylic acids is 1. The van der Waals surface area contributed by atoms with Gasteiger partial charge in [0.15, 0.2) is 0 Å². The van der Waals surface area contributed by atoms with Crippen LogP contribution in [0.15, 0.2) is 60.7 Å². The molecular formula is C26H33NO3. The van der Waals surface area contributed by atoms with Gasteiger partial charge in [-0.15, -0.1) is 0 Å². The molecule has 2 aromatic carbocycles. The number of hydrogen-bond acceptors (Lipinski definition) is 3. The lowest BCUT2D eigenvalue weighted by Crippen LogP contribution is -2.31. The normalized spacial score (nSPS) is 16.3. The molecule has 30 heavy (non-hydrogen) atoms. The number of hydrogen-bond donors (Lipinski definition) is 0. The average molecular weight is 408 g/mol. The average Bonchev–Trinajstić information content (AvgIpc) is 3.24. The summed E-state index contributed by atoms with van der Waals surface area (Å²) in [5.74, 6) is 1.71. The molecule has 0 unspecified atom stereocenters. The largest absolute Gasteiger partial charge is 0.457 e. The highest BCUT2D eigenvalue weighted by atomic mass is 16.5. The van der Waals surface area contributed by atoms with E-state index in [9.17, 15) is 4.79 Å². The third kappa shape index (κ3) is 7.68. The molecule has 2 aromatic rings. The third-order valence-electron chi connectivity index (χ3n) is 5.45. The second-order valence-corrected chi connectivity index (χ2v) is 7.80. The van der Waals surface area contributed by atoms with Crippen LogP contribution in [0.2, 0.25) is 0 Å². The van der Waals surface area contributed by atoms with Gasteiger partial charge in [-0.1, -0.05) is 55.3 Å². The number of unbranched alkanes of at least 4 members (excludes halogenated alkanes) is 4. The van der Waals surface area contributed by atoms with E-state index >= 15 is 0 Å². The van der Waals surface area contributed by atoms with Gasteiger partial charge in [-0.2, -0.15) is 0 Å². The number of likely N-dealkylation sites (tertiary alicyclic amines) is 1. The molecule has 0 aliphatic carbocycles. The highest BCUT2D eigenvalue weighted by molar-refractivity contribution is 5.51. The van der Waals surface area contributed by atoms with Gasteiger partial charge in [0.25, 0.3) is 0 Å². The van der Waals surface area contributed by atoms with E-state index in [-0.39, 0.29) is 0 Å². The Bertz CT molecular complexity index is 758. The topological polar surface area (TPSA) is 38.8 Å². The summed E-state index contributed by atoms with van der Waals surface area (Å²) >= 11 is 0. The van der Waals surface area contributed by atoms with E-state index in [1.165, 1.54) is 24.8 Å². The Morgan fingerprint density at radius 2 is 1.70 bits per heavy atom. The Kier molecular flexibility index (Phi) is 9.48. The van der Waals surface area contributed by atoms with Crippen molar-refractivity contribution < 1.29 is 14.3 Å². The molecule has 0 bridgehead atoms. The maximum absolute atomic E-state index is 10.9. The smallest absolute Gasteiger partial charge is 0.210 e. The Labute approximate surface area is 180 Å². The van der Waals surface area contributed by atoms with Crippen LogP contribution in [0.3, 0.4) is 0 Å². The van der Waals surface area contributed by atoms with E-state index in [1.807, 2.05) is 47.4 Å². The van der Waals surface area contributed by atoms with Gasteiger partial charge in [-0.05, 0) is 61.9 Å². The minimum absolute atomic E-state index is 0.298. The van der Waals surface area contributed by atoms with E-state index in [0.717, 1.165) is 56.7 Å². The number of rotatable bonds is 13. The first kappa shape index (κ1) is 22.1. The number of nitrogens with zero attached hydrogens (tertiary/aromatic N) is 1. The Morgan fingerprint density at radius 1 is 0.933 bits per heavy atom. The molecule has 1 saturated heterocycles. The molecule has 0 saturated carbocycles. The lowest BCUT2D eigenvalue weighted by molar-refractivity contribution is -0.119. The molecule has 4 heteroatoms. The van der Waals surface area contributed by atoms with Crippen LogP contribution >= 0.6 is 0 Å². The number of benzene rings is 2. The van der Waals surface area contributed by atoms with Crippen molar-refractivity contribution in [2.24, 2.45) is 0 Å². The quantitative estimate of drug-likeness (QED) is 0.298. The third-order valence-corrected chi connectivity index (χ3v) is 5.45. The van der Waals surface area contributed by atoms with Gasteiger partial charge in [0.1, 0.15) is 11.5 Å². The molecule has 1 fully saturated rings. The van der Waals surface area contributed by atoms with Gasteiger partial charge < -0.3 is 14.4 Å². The number of carbonyl (C=O) groups is 1. The standard InChI is InChI=1S/C26H33NO3/c28-22-27-19-10-12-24(27)21-29-20-9-4-2-1-3-6-11-23-15-17-26(18-16-23)30-25-13-7-5-8-14-25/h5-8,11,13-18,22,24H,1-4,9-10,12,19-21H2/b11-6+/t24-/m0/s1. The van der Waals surface area contributed by atoms with E-state index in [1.54, 1.807) is 0 Å². The molecule has 0 aromatic heterocycles. The molecule has 3 rings (SSSR count). The summed E-state index contributed by atoms with van der Waals surface area (Å²) in [6, 6.07) is 18.3. The van der Waals surface area contributed by atoms with Crippen molar-refractivity contribution in [3.05, 3.63) is 66.2 Å². The molecule has 1 heterocycles. The summed E-state index contributed by atoms with van der Waals surface area (Å²) < 4.78 is 11.6. The summed E-state index contributed by atoms with van der Waals surface area (Å²) in [5.41, 5.74) is 1.19. The fraction of sp³-hybridized carbons (Fsp3) is 0.423. The summed E-state index contributed by atoms with van der Waals surface area (Å²) in [6.45, 7) is 2.38. The zero-order chi connectivity index (χ0) is 20.9. The minimum Gasteiger partial charge on any atom is -0.457 e. The molecule has 1 aliphatic rings. The molecule has 0 spiro atoms. The van der Waals surface area contributed by atoms with Crippen LogP contribution in [-0.2, 0) is 9.53 Å². The van der Waals surface area contributed by atoms with E-state index < -0.39 is 0 Å². The maximum Gasteiger partial charge on any atom is 0.210 e. The van der Waals surface area contributed by atoms with Crippen LogP contribution in [-0.4, -0.2) is 37.1 Å². The summed E-state index contributed by atoms with van der Waals surface area (Å²) in [5, 5.41) is 0. The van der Waals surface area contributed by atoms with Crippen molar-refractivity contribution in [3.8, 4) is 11.5 Å². The van der Waals surface area contributed by atoms with Gasteiger partial charge >= 0.3 is 0 Å². The number of amides is 1. The molecule has 0 radical (unpaired) electrons. The van der Waals surface area contributed by atoms with E-state index in [2.05, 4.69) is 24.3 Å². The zero-order valence-electron chi connectivity index (χ0n) is 17.7. The lowest BCUT2D eigenvalue weighted by atomic mass is 10.1. The summed E-state index contributed by atoms with van der Waals surface area (Å²) in [4.78, 5) is 12.8. The second-order valence-electron chi connectivity index (χ2n) is 7.80. The summed E-state index contributed by atoms with van der Waals surface area (Å²) in [7, 11) is 0. The van der Waals surface area contributed by atoms with Gasteiger partial charge in [-0.25, -0.2) is 0 Å². The maximum atomic E-state index is 10.9. The highest BCUT2D eigenvalue weighted by Crippen LogP contribution is 2.21. The number of allylic oxidation sites excluding steroid dienone is 1. The molecule has 0 N–H and O–H groups in total. The molecule has 1 atom stereocenters. The van der Waals surface area contributed by atoms with Gasteiger partial charge in [0.05, 0.1) is 12.6 Å². The van der Waals surface area contributed by atoms with E-state index in [4.69, 9.17) is 9.47 Å². The van der Waals surface area contributed by atoms with Crippen LogP contribution in [0.5, 0.6) is 11.5 Å². The van der Waals surface area contributed by atoms with Crippen molar-refractivity contribution >= 4 is 12.5 Å². The predicted molar refractivity (Wildman–Crippen MR) is 122 cm³/mol. The Balaban J connectivity index is 1.21. The van der Waals surface area contributed by atoms with Gasteiger partial charge in [0.2, 0.25) is 6.41 Å². The zero-order valence-corrected chi connectivity index (χ0v) is 17.7.